The van der Waals surface area contributed by atoms with E-state index in [0.29, 0.717) is 32.4 Å². The van der Waals surface area contributed by atoms with E-state index in [1.807, 2.05) is 0 Å². The number of anilines is 1. The van der Waals surface area contributed by atoms with Gasteiger partial charge in [-0.1, -0.05) is 0 Å². The van der Waals surface area contributed by atoms with Crippen LogP contribution in [-0.2, 0) is 19.6 Å². The molecule has 1 aliphatic rings. The van der Waals surface area contributed by atoms with Gasteiger partial charge >= 0.3 is 11.7 Å². The number of alkyl halides is 2. The van der Waals surface area contributed by atoms with Crippen molar-refractivity contribution >= 4 is 27.6 Å². The quantitative estimate of drug-likeness (QED) is 0.685. The minimum Gasteiger partial charge on any atom is -0.481 e. The summed E-state index contributed by atoms with van der Waals surface area (Å²) in [5.74, 6) is -4.56. The van der Waals surface area contributed by atoms with E-state index in [-0.39, 0.29) is 30.5 Å². The van der Waals surface area contributed by atoms with E-state index in [0.717, 1.165) is 6.20 Å². The fourth-order valence-electron chi connectivity index (χ4n) is 2.73. The maximum absolute atomic E-state index is 12.4. The highest BCUT2D eigenvalue weighted by atomic mass is 32.2. The van der Waals surface area contributed by atoms with Crippen LogP contribution in [0.25, 0.3) is 0 Å². The van der Waals surface area contributed by atoms with Crippen molar-refractivity contribution in [3.63, 3.8) is 0 Å². The molecule has 1 aromatic heterocycles. The third-order valence-corrected chi connectivity index (χ3v) is 5.06. The van der Waals surface area contributed by atoms with Crippen molar-refractivity contribution in [2.45, 2.75) is 43.9 Å². The molecule has 0 radical (unpaired) electrons. The average Bonchev–Trinajstić information content (AvgIpc) is 3.02. The molecular formula is C14H20F2N4O5S. The number of carboxylic acid groups (broad SMARTS) is 1. The van der Waals surface area contributed by atoms with Gasteiger partial charge in [0, 0.05) is 32.1 Å². The van der Waals surface area contributed by atoms with Crippen molar-refractivity contribution in [2.24, 2.45) is 0 Å². The highest BCUT2D eigenvalue weighted by molar-refractivity contribution is 7.93. The van der Waals surface area contributed by atoms with Gasteiger partial charge < -0.3 is 10.0 Å². The monoisotopic (exact) mass is 394 g/mol. The summed E-state index contributed by atoms with van der Waals surface area (Å²) in [5, 5.41) is 12.6. The minimum absolute atomic E-state index is 0.0440. The highest BCUT2D eigenvalue weighted by Crippen LogP contribution is 2.24. The molecule has 2 heterocycles. The number of carbonyl (C=O) groups is 2. The van der Waals surface area contributed by atoms with Crippen molar-refractivity contribution in [1.82, 2.24) is 14.7 Å². The number of rotatable bonds is 8. The number of halogens is 2. The first-order valence-electron chi connectivity index (χ1n) is 8.02. The van der Waals surface area contributed by atoms with E-state index in [4.69, 9.17) is 5.11 Å². The molecule has 9 nitrogen and oxygen atoms in total. The predicted octanol–water partition coefficient (Wildman–Crippen LogP) is 1.27. The second-order valence-corrected chi connectivity index (χ2v) is 7.63. The molecule has 0 bridgehead atoms. The normalized spacial score (nSPS) is 16.0. The lowest BCUT2D eigenvalue weighted by molar-refractivity contribution is -0.137. The number of nitrogens with one attached hydrogen (secondary N) is 1. The van der Waals surface area contributed by atoms with Crippen molar-refractivity contribution in [3.8, 4) is 0 Å². The molecule has 2 N–H and O–H groups in total. The first-order chi connectivity index (χ1) is 12.2. The summed E-state index contributed by atoms with van der Waals surface area (Å²) < 4.78 is 50.3. The van der Waals surface area contributed by atoms with Crippen molar-refractivity contribution < 1.29 is 31.9 Å². The molecular weight excluding hydrogens is 374 g/mol. The number of carboxylic acids is 1. The van der Waals surface area contributed by atoms with Crippen LogP contribution in [-0.4, -0.2) is 58.9 Å². The molecule has 0 unspecified atom stereocenters. The first kappa shape index (κ1) is 20.1. The molecule has 26 heavy (non-hydrogen) atoms. The second kappa shape index (κ2) is 8.43. The lowest BCUT2D eigenvalue weighted by Crippen LogP contribution is -2.39. The zero-order valence-corrected chi connectivity index (χ0v) is 14.7. The maximum atomic E-state index is 12.4. The summed E-state index contributed by atoms with van der Waals surface area (Å²) in [4.78, 5) is 24.1. The lowest BCUT2D eigenvalue weighted by Gasteiger charge is -2.32. The molecule has 1 aromatic rings. The third kappa shape index (κ3) is 5.38. The third-order valence-electron chi connectivity index (χ3n) is 4.07. The van der Waals surface area contributed by atoms with Gasteiger partial charge in [-0.2, -0.15) is 13.9 Å². The molecule has 1 saturated heterocycles. The summed E-state index contributed by atoms with van der Waals surface area (Å²) in [6.45, 7) is 0.934. The van der Waals surface area contributed by atoms with Gasteiger partial charge in [0.05, 0.1) is 17.9 Å². The molecule has 2 rings (SSSR count). The van der Waals surface area contributed by atoms with Crippen LogP contribution < -0.4 is 4.72 Å². The molecule has 1 fully saturated rings. The Morgan fingerprint density at radius 1 is 1.31 bits per heavy atom. The van der Waals surface area contributed by atoms with Crippen LogP contribution in [0.3, 0.4) is 0 Å². The topological polar surface area (TPSA) is 122 Å². The van der Waals surface area contributed by atoms with E-state index >= 15 is 0 Å². The molecule has 0 spiro atoms. The first-order valence-corrected chi connectivity index (χ1v) is 9.57. The molecule has 1 aliphatic heterocycles. The van der Waals surface area contributed by atoms with Gasteiger partial charge in [-0.15, -0.1) is 0 Å². The van der Waals surface area contributed by atoms with Gasteiger partial charge in [0.15, 0.2) is 0 Å². The summed E-state index contributed by atoms with van der Waals surface area (Å²) in [6.07, 6.45) is 4.07. The number of aliphatic carboxylic acids is 1. The highest BCUT2D eigenvalue weighted by Gasteiger charge is 2.26. The Balaban J connectivity index is 1.85. The Bertz CT molecular complexity index is 744. The van der Waals surface area contributed by atoms with Crippen molar-refractivity contribution in [2.75, 3.05) is 17.8 Å². The summed E-state index contributed by atoms with van der Waals surface area (Å²) in [5.41, 5.74) is -0.0440. The summed E-state index contributed by atoms with van der Waals surface area (Å²) in [7, 11) is -4.74. The van der Waals surface area contributed by atoms with Crippen LogP contribution in [0.2, 0.25) is 0 Å². The molecule has 0 atom stereocenters. The Morgan fingerprint density at radius 2 is 1.96 bits per heavy atom. The number of hydrogen-bond donors (Lipinski definition) is 2. The molecule has 146 valence electrons. The van der Waals surface area contributed by atoms with Gasteiger partial charge in [0.1, 0.15) is 0 Å². The number of piperidine rings is 1. The van der Waals surface area contributed by atoms with E-state index in [2.05, 4.69) is 5.10 Å². The molecule has 0 aromatic carbocycles. The molecule has 0 aliphatic carbocycles. The standard InChI is InChI=1S/C14H20F2N4O5S/c15-14(16)26(24,25)18-10-8-17-20(9-10)11-4-6-19(7-5-11)12(21)2-1-3-13(22)23/h8-9,11,14,18H,1-7H2,(H,22,23). The van der Waals surface area contributed by atoms with Gasteiger partial charge in [-0.05, 0) is 19.3 Å². The largest absolute Gasteiger partial charge is 0.481 e. The summed E-state index contributed by atoms with van der Waals surface area (Å²) >= 11 is 0. The van der Waals surface area contributed by atoms with Crippen LogP contribution >= 0.6 is 0 Å². The molecule has 0 saturated carbocycles. The molecule has 12 heteroatoms. The number of aromatic nitrogens is 2. The van der Waals surface area contributed by atoms with Crippen LogP contribution in [0.5, 0.6) is 0 Å². The Morgan fingerprint density at radius 3 is 2.54 bits per heavy atom. The van der Waals surface area contributed by atoms with E-state index in [1.165, 1.54) is 10.9 Å². The van der Waals surface area contributed by atoms with Gasteiger partial charge in [-0.3, -0.25) is 19.0 Å². The van der Waals surface area contributed by atoms with E-state index in [9.17, 15) is 26.8 Å². The predicted molar refractivity (Wildman–Crippen MR) is 87.1 cm³/mol. The fraction of sp³-hybridized carbons (Fsp3) is 0.643. The Kier molecular flexibility index (Phi) is 6.51. The number of likely N-dealkylation sites (tertiary alicyclic amines) is 1. The van der Waals surface area contributed by atoms with Crippen molar-refractivity contribution in [3.05, 3.63) is 12.4 Å². The Hall–Kier alpha value is -2.24. The Labute approximate surface area is 149 Å². The second-order valence-electron chi connectivity index (χ2n) is 5.98. The number of carbonyl (C=O) groups excluding carboxylic acids is 1. The number of nitrogens with zero attached hydrogens (tertiary/aromatic N) is 3. The smallest absolute Gasteiger partial charge is 0.355 e. The number of hydrogen-bond acceptors (Lipinski definition) is 5. The van der Waals surface area contributed by atoms with Gasteiger partial charge in [-0.25, -0.2) is 8.42 Å². The fourth-order valence-corrected chi connectivity index (χ4v) is 3.25. The van der Waals surface area contributed by atoms with Crippen LogP contribution in [0.4, 0.5) is 14.5 Å². The lowest BCUT2D eigenvalue weighted by atomic mass is 10.0. The maximum Gasteiger partial charge on any atom is 0.355 e. The van der Waals surface area contributed by atoms with Crippen molar-refractivity contribution in [1.29, 1.82) is 0 Å². The summed E-state index contributed by atoms with van der Waals surface area (Å²) in [6, 6.07) is -0.0807. The SMILES string of the molecule is O=C(O)CCCC(=O)N1CCC(n2cc(NS(=O)(=O)C(F)F)cn2)CC1. The molecule has 1 amide bonds. The number of amides is 1. The van der Waals surface area contributed by atoms with Crippen LogP contribution in [0.15, 0.2) is 12.4 Å². The van der Waals surface area contributed by atoms with Gasteiger partial charge in [0.2, 0.25) is 5.91 Å². The van der Waals surface area contributed by atoms with E-state index in [1.54, 1.807) is 9.62 Å². The average molecular weight is 394 g/mol. The minimum atomic E-state index is -4.74. The van der Waals surface area contributed by atoms with Crippen LogP contribution in [0.1, 0.15) is 38.1 Å². The van der Waals surface area contributed by atoms with E-state index < -0.39 is 21.8 Å². The number of sulfonamides is 1. The zero-order valence-electron chi connectivity index (χ0n) is 13.8. The van der Waals surface area contributed by atoms with Crippen LogP contribution in [0, 0.1) is 0 Å². The van der Waals surface area contributed by atoms with Gasteiger partial charge in [0.25, 0.3) is 10.0 Å². The zero-order chi connectivity index (χ0) is 19.3.